The van der Waals surface area contributed by atoms with Crippen molar-refractivity contribution < 1.29 is 14.3 Å². The van der Waals surface area contributed by atoms with Gasteiger partial charge in [-0.1, -0.05) is 11.6 Å². The van der Waals surface area contributed by atoms with E-state index in [9.17, 15) is 9.59 Å². The number of halogens is 1. The van der Waals surface area contributed by atoms with Gasteiger partial charge in [-0.05, 0) is 24.3 Å². The average molecular weight is 294 g/mol. The van der Waals surface area contributed by atoms with Crippen molar-refractivity contribution in [2.24, 2.45) is 5.73 Å². The van der Waals surface area contributed by atoms with Crippen LogP contribution in [0.2, 0.25) is 5.02 Å². The third-order valence-corrected chi connectivity index (χ3v) is 2.83. The molecular weight excluding hydrogens is 282 g/mol. The zero-order valence-corrected chi connectivity index (χ0v) is 11.2. The summed E-state index contributed by atoms with van der Waals surface area (Å²) in [5, 5.41) is 3.62. The minimum atomic E-state index is -0.614. The van der Waals surface area contributed by atoms with Crippen LogP contribution in [-0.2, 0) is 9.59 Å². The fraction of sp³-hybridized carbons (Fsp3) is 0.154. The van der Waals surface area contributed by atoms with Gasteiger partial charge >= 0.3 is 0 Å². The summed E-state index contributed by atoms with van der Waals surface area (Å²) in [5.41, 5.74) is 5.49. The van der Waals surface area contributed by atoms with Crippen LogP contribution in [0.1, 0.15) is 0 Å². The number of nitrogens with two attached hydrogens (primary N) is 1. The number of ether oxygens (including phenoxy) is 1. The maximum atomic E-state index is 11.4. The topological polar surface area (TPSA) is 94.3 Å². The normalized spacial score (nSPS) is 10.2. The lowest BCUT2D eigenvalue weighted by molar-refractivity contribution is -0.126. The summed E-state index contributed by atoms with van der Waals surface area (Å²) < 4.78 is 5.38. The van der Waals surface area contributed by atoms with Crippen molar-refractivity contribution in [2.75, 3.05) is 13.2 Å². The van der Waals surface area contributed by atoms with Crippen LogP contribution < -0.4 is 15.8 Å². The number of amides is 2. The zero-order valence-electron chi connectivity index (χ0n) is 10.4. The van der Waals surface area contributed by atoms with Crippen LogP contribution in [0.15, 0.2) is 30.5 Å². The molecule has 0 aliphatic carbocycles. The Kier molecular flexibility index (Phi) is 4.37. The van der Waals surface area contributed by atoms with E-state index >= 15 is 0 Å². The van der Waals surface area contributed by atoms with Crippen molar-refractivity contribution in [3.8, 4) is 5.75 Å². The largest absolute Gasteiger partial charge is 0.481 e. The van der Waals surface area contributed by atoms with E-state index in [4.69, 9.17) is 22.1 Å². The number of rotatable bonds is 5. The lowest BCUT2D eigenvalue weighted by Gasteiger charge is -2.09. The van der Waals surface area contributed by atoms with Crippen molar-refractivity contribution >= 4 is 34.3 Å². The molecule has 0 spiro atoms. The Morgan fingerprint density at radius 1 is 1.35 bits per heavy atom. The average Bonchev–Trinajstić information content (AvgIpc) is 2.45. The van der Waals surface area contributed by atoms with Gasteiger partial charge in [0.2, 0.25) is 5.91 Å². The van der Waals surface area contributed by atoms with E-state index in [0.717, 1.165) is 5.39 Å². The molecule has 0 atom stereocenters. The number of hydrogen-bond donors (Lipinski definition) is 2. The molecule has 0 saturated heterocycles. The van der Waals surface area contributed by atoms with Gasteiger partial charge < -0.3 is 15.8 Å². The molecule has 7 heteroatoms. The van der Waals surface area contributed by atoms with Crippen molar-refractivity contribution in [1.82, 2.24) is 10.3 Å². The van der Waals surface area contributed by atoms with Gasteiger partial charge in [-0.3, -0.25) is 14.6 Å². The summed E-state index contributed by atoms with van der Waals surface area (Å²) in [6.45, 7) is -0.456. The first-order valence-corrected chi connectivity index (χ1v) is 6.17. The van der Waals surface area contributed by atoms with Crippen LogP contribution in [0.5, 0.6) is 5.75 Å². The smallest absolute Gasteiger partial charge is 0.258 e. The highest BCUT2D eigenvalue weighted by molar-refractivity contribution is 6.35. The maximum Gasteiger partial charge on any atom is 0.258 e. The Labute approximate surface area is 119 Å². The monoisotopic (exact) mass is 293 g/mol. The van der Waals surface area contributed by atoms with Gasteiger partial charge in [0, 0.05) is 11.6 Å². The Bertz CT molecular complexity index is 660. The van der Waals surface area contributed by atoms with Crippen LogP contribution in [-0.4, -0.2) is 29.9 Å². The molecule has 1 aromatic carbocycles. The van der Waals surface area contributed by atoms with Gasteiger partial charge in [-0.15, -0.1) is 0 Å². The molecule has 1 aromatic heterocycles. The van der Waals surface area contributed by atoms with E-state index in [1.54, 1.807) is 24.4 Å². The third-order valence-electron chi connectivity index (χ3n) is 2.50. The second kappa shape index (κ2) is 6.21. The second-order valence-corrected chi connectivity index (χ2v) is 4.38. The molecule has 2 rings (SSSR count). The van der Waals surface area contributed by atoms with E-state index in [0.29, 0.717) is 16.3 Å². The summed E-state index contributed by atoms with van der Waals surface area (Å²) >= 11 is 6.05. The summed E-state index contributed by atoms with van der Waals surface area (Å²) in [6, 6.07) is 6.88. The number of nitrogens with one attached hydrogen (secondary N) is 1. The van der Waals surface area contributed by atoms with Gasteiger partial charge in [0.25, 0.3) is 5.91 Å². The van der Waals surface area contributed by atoms with Crippen molar-refractivity contribution in [1.29, 1.82) is 0 Å². The molecule has 20 heavy (non-hydrogen) atoms. The number of hydrogen-bond acceptors (Lipinski definition) is 4. The highest BCUT2D eigenvalue weighted by Gasteiger charge is 2.09. The molecule has 0 fully saturated rings. The standard InChI is InChI=1S/C13H12ClN3O3/c14-9-3-4-10(13-8(9)2-1-5-16-13)20-7-12(19)17-6-11(15)18/h1-5H,6-7H2,(H2,15,18)(H,17,19). The van der Waals surface area contributed by atoms with Crippen LogP contribution >= 0.6 is 11.6 Å². The minimum absolute atomic E-state index is 0.220. The molecule has 3 N–H and O–H groups in total. The molecule has 2 amide bonds. The van der Waals surface area contributed by atoms with Crippen LogP contribution in [0.25, 0.3) is 10.9 Å². The summed E-state index contributed by atoms with van der Waals surface area (Å²) in [5.74, 6) is -0.612. The lowest BCUT2D eigenvalue weighted by atomic mass is 10.2. The quantitative estimate of drug-likeness (QED) is 0.855. The molecule has 0 aliphatic rings. The number of carbonyl (C=O) groups is 2. The molecule has 2 aromatic rings. The Morgan fingerprint density at radius 2 is 2.15 bits per heavy atom. The fourth-order valence-corrected chi connectivity index (χ4v) is 1.82. The summed E-state index contributed by atoms with van der Waals surface area (Å²) in [7, 11) is 0. The summed E-state index contributed by atoms with van der Waals surface area (Å²) in [4.78, 5) is 26.1. The van der Waals surface area contributed by atoms with Gasteiger partial charge in [-0.2, -0.15) is 0 Å². The maximum absolute atomic E-state index is 11.4. The van der Waals surface area contributed by atoms with Crippen molar-refractivity contribution in [3.05, 3.63) is 35.5 Å². The van der Waals surface area contributed by atoms with Gasteiger partial charge in [0.1, 0.15) is 11.3 Å². The Balaban J connectivity index is 2.09. The third kappa shape index (κ3) is 3.36. The number of benzene rings is 1. The SMILES string of the molecule is NC(=O)CNC(=O)COc1ccc(Cl)c2cccnc12. The number of pyridine rings is 1. The minimum Gasteiger partial charge on any atom is -0.481 e. The highest BCUT2D eigenvalue weighted by Crippen LogP contribution is 2.29. The summed E-state index contributed by atoms with van der Waals surface area (Å²) in [6.07, 6.45) is 1.61. The van der Waals surface area contributed by atoms with Crippen molar-refractivity contribution in [2.45, 2.75) is 0 Å². The van der Waals surface area contributed by atoms with Gasteiger partial charge in [0.05, 0.1) is 11.6 Å². The molecule has 0 saturated carbocycles. The predicted octanol–water partition coefficient (Wildman–Crippen LogP) is 0.868. The van der Waals surface area contributed by atoms with Crippen LogP contribution in [0.3, 0.4) is 0 Å². The molecular formula is C13H12ClN3O3. The first-order chi connectivity index (χ1) is 9.58. The molecule has 0 aliphatic heterocycles. The van der Waals surface area contributed by atoms with E-state index < -0.39 is 11.8 Å². The molecule has 0 radical (unpaired) electrons. The molecule has 0 unspecified atom stereocenters. The van der Waals surface area contributed by atoms with Crippen LogP contribution in [0.4, 0.5) is 0 Å². The highest BCUT2D eigenvalue weighted by atomic mass is 35.5. The van der Waals surface area contributed by atoms with E-state index in [1.165, 1.54) is 0 Å². The Hall–Kier alpha value is -2.34. The number of primary amides is 1. The second-order valence-electron chi connectivity index (χ2n) is 3.98. The number of aromatic nitrogens is 1. The fourth-order valence-electron chi connectivity index (χ4n) is 1.61. The van der Waals surface area contributed by atoms with Gasteiger partial charge in [0.15, 0.2) is 6.61 Å². The number of fused-ring (bicyclic) bond motifs is 1. The van der Waals surface area contributed by atoms with Crippen LogP contribution in [0, 0.1) is 0 Å². The first kappa shape index (κ1) is 14.1. The van der Waals surface area contributed by atoms with E-state index in [1.807, 2.05) is 6.07 Å². The Morgan fingerprint density at radius 3 is 2.90 bits per heavy atom. The molecule has 1 heterocycles. The van der Waals surface area contributed by atoms with E-state index in [-0.39, 0.29) is 13.2 Å². The number of nitrogens with zero attached hydrogens (tertiary/aromatic N) is 1. The van der Waals surface area contributed by atoms with Gasteiger partial charge in [-0.25, -0.2) is 0 Å². The molecule has 6 nitrogen and oxygen atoms in total. The van der Waals surface area contributed by atoms with Crippen molar-refractivity contribution in [3.63, 3.8) is 0 Å². The lowest BCUT2D eigenvalue weighted by Crippen LogP contribution is -2.36. The zero-order chi connectivity index (χ0) is 14.5. The molecule has 0 bridgehead atoms. The number of carbonyl (C=O) groups excluding carboxylic acids is 2. The van der Waals surface area contributed by atoms with E-state index in [2.05, 4.69) is 10.3 Å². The predicted molar refractivity (Wildman–Crippen MR) is 74.5 cm³/mol. The molecule has 104 valence electrons. The first-order valence-electron chi connectivity index (χ1n) is 5.79.